The van der Waals surface area contributed by atoms with Gasteiger partial charge < -0.3 is 19.9 Å². The molecule has 0 bridgehead atoms. The van der Waals surface area contributed by atoms with Crippen LogP contribution in [0.2, 0.25) is 0 Å². The summed E-state index contributed by atoms with van der Waals surface area (Å²) in [6, 6.07) is 12.2. The van der Waals surface area contributed by atoms with Crippen LogP contribution < -0.4 is 14.8 Å². The van der Waals surface area contributed by atoms with Crippen LogP contribution in [0.3, 0.4) is 0 Å². The van der Waals surface area contributed by atoms with Crippen molar-refractivity contribution in [2.45, 2.75) is 6.61 Å². The number of rotatable bonds is 7. The van der Waals surface area contributed by atoms with Crippen molar-refractivity contribution in [2.75, 3.05) is 13.7 Å². The van der Waals surface area contributed by atoms with E-state index in [0.29, 0.717) is 33.0 Å². The van der Waals surface area contributed by atoms with E-state index in [1.807, 2.05) is 30.3 Å². The van der Waals surface area contributed by atoms with Gasteiger partial charge in [-0.05, 0) is 45.3 Å². The highest BCUT2D eigenvalue weighted by atomic mass is 79.9. The SMILES string of the molecule is COc1cc(/C=C2/NC(=O)N(CC(=O)O)C2=O)cc(Br)c1OCc1ccccc1. The zero-order valence-electron chi connectivity index (χ0n) is 15.3. The third-order valence-electron chi connectivity index (χ3n) is 4.04. The Kier molecular flexibility index (Phi) is 6.18. The van der Waals surface area contributed by atoms with Gasteiger partial charge in [0, 0.05) is 0 Å². The lowest BCUT2D eigenvalue weighted by atomic mass is 10.1. The number of carbonyl (C=O) groups is 3. The molecule has 0 radical (unpaired) electrons. The van der Waals surface area contributed by atoms with E-state index in [-0.39, 0.29) is 5.70 Å². The van der Waals surface area contributed by atoms with Crippen molar-refractivity contribution in [1.82, 2.24) is 10.2 Å². The van der Waals surface area contributed by atoms with Crippen LogP contribution in [0, 0.1) is 0 Å². The highest BCUT2D eigenvalue weighted by molar-refractivity contribution is 9.10. The minimum atomic E-state index is -1.28. The Morgan fingerprint density at radius 2 is 1.97 bits per heavy atom. The van der Waals surface area contributed by atoms with Gasteiger partial charge in [0.15, 0.2) is 11.5 Å². The number of benzene rings is 2. The molecule has 3 rings (SSSR count). The first kappa shape index (κ1) is 20.4. The Labute approximate surface area is 174 Å². The Bertz CT molecular complexity index is 990. The molecule has 0 aliphatic carbocycles. The number of aliphatic carboxylic acids is 1. The molecule has 8 nitrogen and oxygen atoms in total. The van der Waals surface area contributed by atoms with Gasteiger partial charge >= 0.3 is 12.0 Å². The van der Waals surface area contributed by atoms with Gasteiger partial charge in [-0.3, -0.25) is 9.59 Å². The van der Waals surface area contributed by atoms with E-state index in [1.54, 1.807) is 12.1 Å². The van der Waals surface area contributed by atoms with Crippen LogP contribution in [-0.2, 0) is 16.2 Å². The first-order chi connectivity index (χ1) is 13.9. The highest BCUT2D eigenvalue weighted by Gasteiger charge is 2.34. The topological polar surface area (TPSA) is 105 Å². The quantitative estimate of drug-likeness (QED) is 0.485. The lowest BCUT2D eigenvalue weighted by molar-refractivity contribution is -0.140. The van der Waals surface area contributed by atoms with E-state index >= 15 is 0 Å². The first-order valence-electron chi connectivity index (χ1n) is 8.49. The Morgan fingerprint density at radius 3 is 2.62 bits per heavy atom. The molecule has 1 aliphatic heterocycles. The zero-order valence-corrected chi connectivity index (χ0v) is 16.9. The highest BCUT2D eigenvalue weighted by Crippen LogP contribution is 2.38. The number of imide groups is 1. The van der Waals surface area contributed by atoms with E-state index in [2.05, 4.69) is 21.2 Å². The van der Waals surface area contributed by atoms with E-state index in [0.717, 1.165) is 5.56 Å². The number of halogens is 1. The van der Waals surface area contributed by atoms with Gasteiger partial charge in [0.1, 0.15) is 18.8 Å². The summed E-state index contributed by atoms with van der Waals surface area (Å²) in [7, 11) is 1.49. The molecule has 2 aromatic carbocycles. The standard InChI is InChI=1S/C20H17BrN2O6/c1-28-16-9-13(8-15-19(26)23(10-17(24)25)20(27)22-15)7-14(21)18(16)29-11-12-5-3-2-4-6-12/h2-9H,10-11H2,1H3,(H,22,27)(H,24,25)/b15-8+. The normalized spacial score (nSPS) is 14.8. The predicted octanol–water partition coefficient (Wildman–Crippen LogP) is 3.01. The molecule has 0 saturated carbocycles. The zero-order chi connectivity index (χ0) is 21.0. The lowest BCUT2D eigenvalue weighted by Gasteiger charge is -2.14. The number of nitrogens with one attached hydrogen (secondary N) is 1. The molecule has 1 heterocycles. The number of carbonyl (C=O) groups excluding carboxylic acids is 2. The number of hydrogen-bond donors (Lipinski definition) is 2. The summed E-state index contributed by atoms with van der Waals surface area (Å²) in [5, 5.41) is 11.2. The molecule has 150 valence electrons. The molecule has 0 unspecified atom stereocenters. The van der Waals surface area contributed by atoms with Crippen molar-refractivity contribution < 1.29 is 29.0 Å². The van der Waals surface area contributed by atoms with Gasteiger partial charge in [0.05, 0.1) is 11.6 Å². The Hall–Kier alpha value is -3.33. The molecule has 0 aromatic heterocycles. The lowest BCUT2D eigenvalue weighted by Crippen LogP contribution is -2.35. The fraction of sp³-hybridized carbons (Fsp3) is 0.150. The molecule has 9 heteroatoms. The van der Waals surface area contributed by atoms with Gasteiger partial charge in [0.2, 0.25) is 0 Å². The molecule has 2 N–H and O–H groups in total. The molecule has 2 aromatic rings. The first-order valence-corrected chi connectivity index (χ1v) is 9.29. The van der Waals surface area contributed by atoms with Gasteiger partial charge in [0.25, 0.3) is 5.91 Å². The number of hydrogen-bond acceptors (Lipinski definition) is 5. The molecular formula is C20H17BrN2O6. The number of ether oxygens (including phenoxy) is 2. The summed E-state index contributed by atoms with van der Waals surface area (Å²) in [4.78, 5) is 35.5. The van der Waals surface area contributed by atoms with Crippen LogP contribution in [0.4, 0.5) is 4.79 Å². The third kappa shape index (κ3) is 4.75. The minimum absolute atomic E-state index is 0.0249. The van der Waals surface area contributed by atoms with Crippen molar-refractivity contribution in [3.63, 3.8) is 0 Å². The van der Waals surface area contributed by atoms with Gasteiger partial charge in [-0.1, -0.05) is 30.3 Å². The smallest absolute Gasteiger partial charge is 0.329 e. The molecule has 1 fully saturated rings. The van der Waals surface area contributed by atoms with E-state index in [4.69, 9.17) is 14.6 Å². The van der Waals surface area contributed by atoms with Crippen molar-refractivity contribution in [3.05, 3.63) is 63.8 Å². The van der Waals surface area contributed by atoms with Crippen LogP contribution in [0.15, 0.2) is 52.6 Å². The average molecular weight is 461 g/mol. The molecule has 0 spiro atoms. The summed E-state index contributed by atoms with van der Waals surface area (Å²) >= 11 is 3.44. The molecule has 1 saturated heterocycles. The fourth-order valence-electron chi connectivity index (χ4n) is 2.71. The maximum atomic E-state index is 12.3. The maximum absolute atomic E-state index is 12.3. The second-order valence-corrected chi connectivity index (χ2v) is 6.94. The largest absolute Gasteiger partial charge is 0.493 e. The maximum Gasteiger partial charge on any atom is 0.329 e. The van der Waals surface area contributed by atoms with Crippen LogP contribution in [0.5, 0.6) is 11.5 Å². The van der Waals surface area contributed by atoms with Crippen molar-refractivity contribution in [3.8, 4) is 11.5 Å². The van der Waals surface area contributed by atoms with Crippen molar-refractivity contribution >= 4 is 39.9 Å². The van der Waals surface area contributed by atoms with Crippen LogP contribution in [-0.4, -0.2) is 41.6 Å². The third-order valence-corrected chi connectivity index (χ3v) is 4.63. The van der Waals surface area contributed by atoms with Crippen LogP contribution in [0.1, 0.15) is 11.1 Å². The second-order valence-electron chi connectivity index (χ2n) is 6.08. The predicted molar refractivity (Wildman–Crippen MR) is 107 cm³/mol. The number of carboxylic acid groups (broad SMARTS) is 1. The summed E-state index contributed by atoms with van der Waals surface area (Å²) in [5.74, 6) is -1.06. The Balaban J connectivity index is 1.83. The number of nitrogens with zero attached hydrogens (tertiary/aromatic N) is 1. The summed E-state index contributed by atoms with van der Waals surface area (Å²) in [6.45, 7) is -0.365. The Morgan fingerprint density at radius 1 is 1.24 bits per heavy atom. The molecular weight excluding hydrogens is 444 g/mol. The van der Waals surface area contributed by atoms with Gasteiger partial charge in [-0.2, -0.15) is 0 Å². The summed E-state index contributed by atoms with van der Waals surface area (Å²) in [5.41, 5.74) is 1.52. The van der Waals surface area contributed by atoms with E-state index < -0.39 is 24.5 Å². The van der Waals surface area contributed by atoms with Crippen molar-refractivity contribution in [1.29, 1.82) is 0 Å². The fourth-order valence-corrected chi connectivity index (χ4v) is 3.28. The average Bonchev–Trinajstić information content (AvgIpc) is 2.94. The molecule has 0 atom stereocenters. The summed E-state index contributed by atoms with van der Waals surface area (Å²) in [6.07, 6.45) is 1.44. The number of urea groups is 1. The molecule has 29 heavy (non-hydrogen) atoms. The minimum Gasteiger partial charge on any atom is -0.493 e. The van der Waals surface area contributed by atoms with Gasteiger partial charge in [-0.15, -0.1) is 0 Å². The van der Waals surface area contributed by atoms with Crippen molar-refractivity contribution in [2.24, 2.45) is 0 Å². The summed E-state index contributed by atoms with van der Waals surface area (Å²) < 4.78 is 11.9. The van der Waals surface area contributed by atoms with Crippen LogP contribution in [0.25, 0.3) is 6.08 Å². The van der Waals surface area contributed by atoms with Crippen LogP contribution >= 0.6 is 15.9 Å². The molecule has 1 aliphatic rings. The monoisotopic (exact) mass is 460 g/mol. The molecule has 3 amide bonds. The van der Waals surface area contributed by atoms with E-state index in [9.17, 15) is 14.4 Å². The number of carboxylic acids is 1. The number of methoxy groups -OCH3 is 1. The van der Waals surface area contributed by atoms with Gasteiger partial charge in [-0.25, -0.2) is 9.69 Å². The second kappa shape index (κ2) is 8.78. The number of amides is 3. The van der Waals surface area contributed by atoms with E-state index in [1.165, 1.54) is 13.2 Å².